The number of hydrogen-bond donors (Lipinski definition) is 1. The topological polar surface area (TPSA) is 74.7 Å². The minimum Gasteiger partial charge on any atom is -0.480 e. The lowest BCUT2D eigenvalue weighted by atomic mass is 10.4. The Bertz CT molecular complexity index is 265. The average Bonchev–Trinajstić information content (AvgIpc) is 2.32. The van der Waals surface area contributed by atoms with E-state index >= 15 is 0 Å². The van der Waals surface area contributed by atoms with Crippen molar-refractivity contribution in [1.82, 2.24) is 4.31 Å². The molecule has 0 aromatic heterocycles. The van der Waals surface area contributed by atoms with E-state index in [9.17, 15) is 13.2 Å². The first-order valence-corrected chi connectivity index (χ1v) is 5.33. The summed E-state index contributed by atoms with van der Waals surface area (Å²) in [6, 6.07) is 0. The molecule has 0 unspecified atom stereocenters. The maximum Gasteiger partial charge on any atom is 0.320 e. The van der Waals surface area contributed by atoms with E-state index < -0.39 is 21.7 Å². The second kappa shape index (κ2) is 3.40. The van der Waals surface area contributed by atoms with E-state index in [1.54, 1.807) is 0 Å². The molecular formula is C6H11NO4S. The Morgan fingerprint density at radius 3 is 2.25 bits per heavy atom. The number of carboxylic acid groups (broad SMARTS) is 1. The van der Waals surface area contributed by atoms with Crippen molar-refractivity contribution in [1.29, 1.82) is 0 Å². The summed E-state index contributed by atoms with van der Waals surface area (Å²) < 4.78 is 23.6. The van der Waals surface area contributed by atoms with Gasteiger partial charge in [0.15, 0.2) is 5.75 Å². The molecule has 1 fully saturated rings. The van der Waals surface area contributed by atoms with Crippen LogP contribution in [0.3, 0.4) is 0 Å². The summed E-state index contributed by atoms with van der Waals surface area (Å²) in [6.45, 7) is 0.936. The van der Waals surface area contributed by atoms with E-state index in [-0.39, 0.29) is 0 Å². The van der Waals surface area contributed by atoms with Crippen LogP contribution in [0.1, 0.15) is 12.8 Å². The number of aliphatic carboxylic acids is 1. The minimum atomic E-state index is -3.53. The van der Waals surface area contributed by atoms with Crippen molar-refractivity contribution in [2.75, 3.05) is 18.8 Å². The van der Waals surface area contributed by atoms with E-state index in [0.29, 0.717) is 13.1 Å². The Balaban J connectivity index is 2.64. The van der Waals surface area contributed by atoms with Gasteiger partial charge in [0.25, 0.3) is 0 Å². The van der Waals surface area contributed by atoms with Crippen LogP contribution in [0.15, 0.2) is 0 Å². The van der Waals surface area contributed by atoms with Crippen LogP contribution in [0.4, 0.5) is 0 Å². The number of sulfonamides is 1. The molecule has 6 heteroatoms. The van der Waals surface area contributed by atoms with Gasteiger partial charge in [-0.2, -0.15) is 0 Å². The van der Waals surface area contributed by atoms with Crippen molar-refractivity contribution in [2.45, 2.75) is 12.8 Å². The normalized spacial score (nSPS) is 19.7. The van der Waals surface area contributed by atoms with Gasteiger partial charge in [0.2, 0.25) is 10.0 Å². The highest BCUT2D eigenvalue weighted by atomic mass is 32.2. The molecule has 0 atom stereocenters. The fraction of sp³-hybridized carbons (Fsp3) is 0.833. The predicted molar refractivity (Wildman–Crippen MR) is 42.2 cm³/mol. The van der Waals surface area contributed by atoms with Gasteiger partial charge in [-0.15, -0.1) is 0 Å². The molecule has 0 amide bonds. The molecule has 0 saturated carbocycles. The zero-order valence-electron chi connectivity index (χ0n) is 6.56. The van der Waals surface area contributed by atoms with Crippen molar-refractivity contribution >= 4 is 16.0 Å². The van der Waals surface area contributed by atoms with Gasteiger partial charge in [0, 0.05) is 13.1 Å². The molecule has 1 rings (SSSR count). The minimum absolute atomic E-state index is 0.468. The average molecular weight is 193 g/mol. The molecule has 0 aromatic rings. The summed E-state index contributed by atoms with van der Waals surface area (Å²) in [5.74, 6) is -2.07. The maximum atomic E-state index is 11.2. The number of nitrogens with zero attached hydrogens (tertiary/aromatic N) is 1. The number of hydrogen-bond acceptors (Lipinski definition) is 3. The number of carboxylic acids is 1. The molecule has 1 aliphatic rings. The van der Waals surface area contributed by atoms with Crippen LogP contribution in [0, 0.1) is 0 Å². The molecule has 0 aliphatic carbocycles. The van der Waals surface area contributed by atoms with Gasteiger partial charge < -0.3 is 5.11 Å². The molecule has 0 spiro atoms. The molecule has 70 valence electrons. The van der Waals surface area contributed by atoms with E-state index in [0.717, 1.165) is 12.8 Å². The summed E-state index contributed by atoms with van der Waals surface area (Å²) in [5, 5.41) is 8.30. The molecule has 0 aromatic carbocycles. The Labute approximate surface area is 71.0 Å². The molecule has 0 bridgehead atoms. The highest BCUT2D eigenvalue weighted by Crippen LogP contribution is 2.12. The zero-order chi connectivity index (χ0) is 9.19. The lowest BCUT2D eigenvalue weighted by Crippen LogP contribution is -2.32. The fourth-order valence-electron chi connectivity index (χ4n) is 1.21. The summed E-state index contributed by atoms with van der Waals surface area (Å²) in [5.41, 5.74) is 0. The molecule has 12 heavy (non-hydrogen) atoms. The third-order valence-electron chi connectivity index (χ3n) is 1.76. The first-order valence-electron chi connectivity index (χ1n) is 3.72. The van der Waals surface area contributed by atoms with Crippen LogP contribution in [0.5, 0.6) is 0 Å². The largest absolute Gasteiger partial charge is 0.480 e. The highest BCUT2D eigenvalue weighted by Gasteiger charge is 2.27. The van der Waals surface area contributed by atoms with Crippen molar-refractivity contribution in [3.8, 4) is 0 Å². The summed E-state index contributed by atoms with van der Waals surface area (Å²) in [6.07, 6.45) is 1.66. The highest BCUT2D eigenvalue weighted by molar-refractivity contribution is 7.89. The Morgan fingerprint density at radius 1 is 1.33 bits per heavy atom. The molecule has 1 N–H and O–H groups in total. The standard InChI is InChI=1S/C6H11NO4S/c8-6(9)5-12(10,11)7-3-1-2-4-7/h1-5H2,(H,8,9). The monoisotopic (exact) mass is 193 g/mol. The van der Waals surface area contributed by atoms with E-state index in [1.165, 1.54) is 4.31 Å². The van der Waals surface area contributed by atoms with Gasteiger partial charge in [-0.3, -0.25) is 4.79 Å². The predicted octanol–water partition coefficient (Wildman–Crippen LogP) is -0.503. The zero-order valence-corrected chi connectivity index (χ0v) is 7.38. The molecule has 5 nitrogen and oxygen atoms in total. The number of carbonyl (C=O) groups is 1. The second-order valence-corrected chi connectivity index (χ2v) is 4.73. The van der Waals surface area contributed by atoms with Crippen LogP contribution < -0.4 is 0 Å². The molecule has 0 radical (unpaired) electrons. The van der Waals surface area contributed by atoms with Crippen molar-refractivity contribution in [2.24, 2.45) is 0 Å². The Morgan fingerprint density at radius 2 is 1.83 bits per heavy atom. The molecule has 1 saturated heterocycles. The molecule has 1 aliphatic heterocycles. The maximum absolute atomic E-state index is 11.2. The van der Waals surface area contributed by atoms with Crippen LogP contribution >= 0.6 is 0 Å². The third-order valence-corrected chi connectivity index (χ3v) is 3.53. The SMILES string of the molecule is O=C(O)CS(=O)(=O)N1CCCC1. The summed E-state index contributed by atoms with van der Waals surface area (Å²) in [4.78, 5) is 10.2. The van der Waals surface area contributed by atoms with Gasteiger partial charge in [-0.25, -0.2) is 12.7 Å². The lowest BCUT2D eigenvalue weighted by molar-refractivity contribution is -0.134. The smallest absolute Gasteiger partial charge is 0.320 e. The first kappa shape index (κ1) is 9.47. The second-order valence-electron chi connectivity index (χ2n) is 2.76. The van der Waals surface area contributed by atoms with Crippen molar-refractivity contribution in [3.63, 3.8) is 0 Å². The van der Waals surface area contributed by atoms with Crippen molar-refractivity contribution < 1.29 is 18.3 Å². The summed E-state index contributed by atoms with van der Waals surface area (Å²) >= 11 is 0. The van der Waals surface area contributed by atoms with Gasteiger partial charge in [-0.05, 0) is 12.8 Å². The van der Waals surface area contributed by atoms with E-state index in [1.807, 2.05) is 0 Å². The molecule has 1 heterocycles. The van der Waals surface area contributed by atoms with Crippen LogP contribution in [0.25, 0.3) is 0 Å². The van der Waals surface area contributed by atoms with Gasteiger partial charge in [-0.1, -0.05) is 0 Å². The fourth-order valence-corrected chi connectivity index (χ4v) is 2.52. The van der Waals surface area contributed by atoms with Gasteiger partial charge >= 0.3 is 5.97 Å². The van der Waals surface area contributed by atoms with Gasteiger partial charge in [0.1, 0.15) is 0 Å². The Kier molecular flexibility index (Phi) is 2.69. The van der Waals surface area contributed by atoms with Gasteiger partial charge in [0.05, 0.1) is 0 Å². The number of rotatable bonds is 3. The van der Waals surface area contributed by atoms with Crippen LogP contribution in [-0.2, 0) is 14.8 Å². The summed E-state index contributed by atoms with van der Waals surface area (Å²) in [7, 11) is -3.53. The van der Waals surface area contributed by atoms with Crippen LogP contribution in [0.2, 0.25) is 0 Å². The van der Waals surface area contributed by atoms with E-state index in [2.05, 4.69) is 0 Å². The van der Waals surface area contributed by atoms with E-state index in [4.69, 9.17) is 5.11 Å². The lowest BCUT2D eigenvalue weighted by Gasteiger charge is -2.12. The quantitative estimate of drug-likeness (QED) is 0.655. The van der Waals surface area contributed by atoms with Crippen LogP contribution in [-0.4, -0.2) is 42.6 Å². The molecular weight excluding hydrogens is 182 g/mol. The third kappa shape index (κ3) is 2.18. The first-order chi connectivity index (χ1) is 5.52. The van der Waals surface area contributed by atoms with Crippen molar-refractivity contribution in [3.05, 3.63) is 0 Å². The Hall–Kier alpha value is -0.620.